The third-order valence-corrected chi connectivity index (χ3v) is 4.58. The molecule has 0 amide bonds. The zero-order chi connectivity index (χ0) is 14.3. The summed E-state index contributed by atoms with van der Waals surface area (Å²) in [5.41, 5.74) is 1.65. The molecule has 0 spiro atoms. The first kappa shape index (κ1) is 15.7. The lowest BCUT2D eigenvalue weighted by Crippen LogP contribution is -2.28. The van der Waals surface area contributed by atoms with Gasteiger partial charge in [0.2, 0.25) is 10.0 Å². The molecule has 0 fully saturated rings. The van der Waals surface area contributed by atoms with E-state index in [4.69, 9.17) is 5.11 Å². The molecule has 0 unspecified atom stereocenters. The SMILES string of the molecule is CCCS(=O)(=O)N(C)Cc1cccc(C#CCO)c1. The topological polar surface area (TPSA) is 57.6 Å². The number of hydrogen-bond donors (Lipinski definition) is 1. The van der Waals surface area contributed by atoms with Crippen molar-refractivity contribution in [2.24, 2.45) is 0 Å². The normalized spacial score (nSPS) is 11.2. The van der Waals surface area contributed by atoms with E-state index in [1.54, 1.807) is 7.05 Å². The third kappa shape index (κ3) is 5.03. The fraction of sp³-hybridized carbons (Fsp3) is 0.429. The highest BCUT2D eigenvalue weighted by atomic mass is 32.2. The minimum Gasteiger partial charge on any atom is -0.384 e. The van der Waals surface area contributed by atoms with Crippen LogP contribution in [0, 0.1) is 11.8 Å². The predicted octanol–water partition coefficient (Wildman–Crippen LogP) is 1.20. The third-order valence-electron chi connectivity index (χ3n) is 2.58. The van der Waals surface area contributed by atoms with Crippen LogP contribution in [0.4, 0.5) is 0 Å². The van der Waals surface area contributed by atoms with Crippen molar-refractivity contribution in [2.45, 2.75) is 19.9 Å². The van der Waals surface area contributed by atoms with Crippen molar-refractivity contribution in [3.63, 3.8) is 0 Å². The molecule has 4 nitrogen and oxygen atoms in total. The van der Waals surface area contributed by atoms with Crippen LogP contribution >= 0.6 is 0 Å². The van der Waals surface area contributed by atoms with Gasteiger partial charge >= 0.3 is 0 Å². The molecule has 19 heavy (non-hydrogen) atoms. The maximum absolute atomic E-state index is 11.9. The van der Waals surface area contributed by atoms with Gasteiger partial charge in [-0.15, -0.1) is 0 Å². The second-order valence-electron chi connectivity index (χ2n) is 4.23. The van der Waals surface area contributed by atoms with Crippen molar-refractivity contribution in [2.75, 3.05) is 19.4 Å². The molecule has 0 bridgehead atoms. The molecule has 1 aromatic carbocycles. The lowest BCUT2D eigenvalue weighted by Gasteiger charge is -2.16. The van der Waals surface area contributed by atoms with E-state index >= 15 is 0 Å². The van der Waals surface area contributed by atoms with Crippen molar-refractivity contribution in [3.8, 4) is 11.8 Å². The molecule has 0 saturated carbocycles. The second-order valence-corrected chi connectivity index (χ2v) is 6.43. The quantitative estimate of drug-likeness (QED) is 0.825. The van der Waals surface area contributed by atoms with Gasteiger partial charge < -0.3 is 5.11 Å². The van der Waals surface area contributed by atoms with Crippen LogP contribution in [0.5, 0.6) is 0 Å². The predicted molar refractivity (Wildman–Crippen MR) is 76.0 cm³/mol. The molecule has 1 N–H and O–H groups in total. The number of nitrogens with zero attached hydrogens (tertiary/aromatic N) is 1. The Bertz CT molecular complexity index is 570. The van der Waals surface area contributed by atoms with E-state index in [0.717, 1.165) is 11.1 Å². The number of hydrogen-bond acceptors (Lipinski definition) is 3. The van der Waals surface area contributed by atoms with E-state index in [1.807, 2.05) is 31.2 Å². The maximum Gasteiger partial charge on any atom is 0.214 e. The van der Waals surface area contributed by atoms with Gasteiger partial charge in [-0.2, -0.15) is 0 Å². The van der Waals surface area contributed by atoms with E-state index in [-0.39, 0.29) is 12.4 Å². The van der Waals surface area contributed by atoms with Crippen LogP contribution in [0.3, 0.4) is 0 Å². The maximum atomic E-state index is 11.9. The Labute approximate surface area is 115 Å². The molecule has 104 valence electrons. The highest BCUT2D eigenvalue weighted by Gasteiger charge is 2.16. The molecule has 0 heterocycles. The Morgan fingerprint density at radius 3 is 2.74 bits per heavy atom. The smallest absolute Gasteiger partial charge is 0.214 e. The first-order valence-corrected chi connectivity index (χ1v) is 7.73. The Morgan fingerprint density at radius 1 is 1.37 bits per heavy atom. The van der Waals surface area contributed by atoms with Crippen molar-refractivity contribution in [1.82, 2.24) is 4.31 Å². The summed E-state index contributed by atoms with van der Waals surface area (Å²) in [5.74, 6) is 5.53. The molecule has 1 aromatic rings. The fourth-order valence-corrected chi connectivity index (χ4v) is 2.83. The lowest BCUT2D eigenvalue weighted by molar-refractivity contribution is 0.350. The molecule has 0 aliphatic rings. The van der Waals surface area contributed by atoms with Crippen molar-refractivity contribution in [3.05, 3.63) is 35.4 Å². The van der Waals surface area contributed by atoms with Gasteiger partial charge in [-0.3, -0.25) is 0 Å². The van der Waals surface area contributed by atoms with Crippen LogP contribution in [-0.2, 0) is 16.6 Å². The standard InChI is InChI=1S/C14H19NO3S/c1-3-10-19(17,18)15(2)12-14-7-4-6-13(11-14)8-5-9-16/h4,6-7,11,16H,3,9-10,12H2,1-2H3. The Morgan fingerprint density at radius 2 is 2.11 bits per heavy atom. The molecular formula is C14H19NO3S. The Kier molecular flexibility index (Phi) is 6.03. The lowest BCUT2D eigenvalue weighted by atomic mass is 10.1. The van der Waals surface area contributed by atoms with Crippen molar-refractivity contribution >= 4 is 10.0 Å². The Hall–Kier alpha value is -1.35. The molecule has 0 atom stereocenters. The van der Waals surface area contributed by atoms with Gasteiger partial charge in [0.15, 0.2) is 0 Å². The van der Waals surface area contributed by atoms with E-state index in [2.05, 4.69) is 11.8 Å². The average Bonchev–Trinajstić information content (AvgIpc) is 2.36. The highest BCUT2D eigenvalue weighted by Crippen LogP contribution is 2.10. The first-order chi connectivity index (χ1) is 8.99. The summed E-state index contributed by atoms with van der Waals surface area (Å²) in [6.45, 7) is 1.99. The minimum absolute atomic E-state index is 0.160. The average molecular weight is 281 g/mol. The number of aliphatic hydroxyl groups excluding tert-OH is 1. The highest BCUT2D eigenvalue weighted by molar-refractivity contribution is 7.89. The zero-order valence-electron chi connectivity index (χ0n) is 11.3. The van der Waals surface area contributed by atoms with Crippen LogP contribution in [0.1, 0.15) is 24.5 Å². The van der Waals surface area contributed by atoms with Crippen LogP contribution in [0.2, 0.25) is 0 Å². The number of sulfonamides is 1. The second kappa shape index (κ2) is 7.29. The van der Waals surface area contributed by atoms with Gasteiger partial charge in [0.1, 0.15) is 6.61 Å². The summed E-state index contributed by atoms with van der Waals surface area (Å²) in [4.78, 5) is 0. The van der Waals surface area contributed by atoms with E-state index in [1.165, 1.54) is 4.31 Å². The fourth-order valence-electron chi connectivity index (χ4n) is 1.66. The van der Waals surface area contributed by atoms with Crippen molar-refractivity contribution < 1.29 is 13.5 Å². The van der Waals surface area contributed by atoms with Crippen LogP contribution < -0.4 is 0 Å². The number of benzene rings is 1. The number of aliphatic hydroxyl groups is 1. The first-order valence-electron chi connectivity index (χ1n) is 6.12. The molecule has 1 rings (SSSR count). The van der Waals surface area contributed by atoms with Gasteiger partial charge in [-0.1, -0.05) is 30.9 Å². The van der Waals surface area contributed by atoms with Crippen molar-refractivity contribution in [1.29, 1.82) is 0 Å². The molecular weight excluding hydrogens is 262 g/mol. The van der Waals surface area contributed by atoms with Gasteiger partial charge in [0.25, 0.3) is 0 Å². The monoisotopic (exact) mass is 281 g/mol. The summed E-state index contributed by atoms with van der Waals surface area (Å²) in [5, 5.41) is 8.65. The van der Waals surface area contributed by atoms with Crippen LogP contribution in [0.15, 0.2) is 24.3 Å². The van der Waals surface area contributed by atoms with Crippen LogP contribution in [-0.4, -0.2) is 37.2 Å². The summed E-state index contributed by atoms with van der Waals surface area (Å²) in [7, 11) is -1.60. The summed E-state index contributed by atoms with van der Waals surface area (Å²) in [6, 6.07) is 7.35. The Balaban J connectivity index is 2.83. The summed E-state index contributed by atoms with van der Waals surface area (Å²) < 4.78 is 25.1. The van der Waals surface area contributed by atoms with Gasteiger partial charge in [0, 0.05) is 19.2 Å². The van der Waals surface area contributed by atoms with Gasteiger partial charge in [-0.25, -0.2) is 12.7 Å². The number of rotatable bonds is 5. The van der Waals surface area contributed by atoms with Gasteiger partial charge in [0.05, 0.1) is 5.75 Å². The van der Waals surface area contributed by atoms with E-state index in [0.29, 0.717) is 13.0 Å². The van der Waals surface area contributed by atoms with E-state index < -0.39 is 10.0 Å². The molecule has 5 heteroatoms. The van der Waals surface area contributed by atoms with E-state index in [9.17, 15) is 8.42 Å². The summed E-state index contributed by atoms with van der Waals surface area (Å²) in [6.07, 6.45) is 0.606. The minimum atomic E-state index is -3.18. The van der Waals surface area contributed by atoms with Crippen LogP contribution in [0.25, 0.3) is 0 Å². The molecule has 0 saturated heterocycles. The summed E-state index contributed by atoms with van der Waals surface area (Å²) >= 11 is 0. The molecule has 0 aliphatic heterocycles. The molecule has 0 aliphatic carbocycles. The van der Waals surface area contributed by atoms with Gasteiger partial charge in [-0.05, 0) is 24.1 Å². The zero-order valence-corrected chi connectivity index (χ0v) is 12.1. The molecule has 0 radical (unpaired) electrons. The largest absolute Gasteiger partial charge is 0.384 e. The molecule has 0 aromatic heterocycles.